The quantitative estimate of drug-likeness (QED) is 0.801. The van der Waals surface area contributed by atoms with Gasteiger partial charge in [0.2, 0.25) is 0 Å². The number of aliphatic hydroxyl groups excluding tert-OH is 1. The summed E-state index contributed by atoms with van der Waals surface area (Å²) in [7, 11) is 0. The number of carbonyl (C=O) groups excluding carboxylic acids is 1. The molecule has 1 amide bonds. The summed E-state index contributed by atoms with van der Waals surface area (Å²) in [6.07, 6.45) is -1.47. The molecule has 152 valence electrons. The van der Waals surface area contributed by atoms with Crippen LogP contribution in [0.2, 0.25) is 0 Å². The van der Waals surface area contributed by atoms with Crippen LogP contribution in [0, 0.1) is 0 Å². The largest absolute Gasteiger partial charge is 0.444 e. The van der Waals surface area contributed by atoms with Gasteiger partial charge in [0.25, 0.3) is 5.92 Å². The first kappa shape index (κ1) is 20.0. The summed E-state index contributed by atoms with van der Waals surface area (Å²) < 4.78 is 50.7. The van der Waals surface area contributed by atoms with Crippen molar-refractivity contribution < 1.29 is 27.8 Å². The van der Waals surface area contributed by atoms with E-state index in [1.165, 1.54) is 4.90 Å². The molecule has 0 saturated carbocycles. The number of amides is 1. The summed E-state index contributed by atoms with van der Waals surface area (Å²) in [6.45, 7) is 5.68. The number of rotatable bonds is 1. The van der Waals surface area contributed by atoms with Crippen LogP contribution in [-0.4, -0.2) is 49.8 Å². The second-order valence-corrected chi connectivity index (χ2v) is 8.61. The number of aromatic nitrogens is 2. The fourth-order valence-corrected chi connectivity index (χ4v) is 3.66. The van der Waals surface area contributed by atoms with Crippen molar-refractivity contribution in [2.75, 3.05) is 6.61 Å². The average Bonchev–Trinajstić information content (AvgIpc) is 2.83. The molecule has 2 aliphatic rings. The van der Waals surface area contributed by atoms with Gasteiger partial charge in [0, 0.05) is 24.4 Å². The van der Waals surface area contributed by atoms with Crippen LogP contribution in [0.15, 0.2) is 0 Å². The maximum absolute atomic E-state index is 14.8. The second-order valence-electron chi connectivity index (χ2n) is 8.61. The highest BCUT2D eigenvalue weighted by molar-refractivity contribution is 5.69. The Morgan fingerprint density at radius 2 is 2.00 bits per heavy atom. The predicted octanol–water partition coefficient (Wildman–Crippen LogP) is 3.15. The fraction of sp³-hybridized carbons (Fsp3) is 0.778. The van der Waals surface area contributed by atoms with Gasteiger partial charge in [0.05, 0.1) is 25.4 Å². The first-order valence-electron chi connectivity index (χ1n) is 9.11. The van der Waals surface area contributed by atoms with Gasteiger partial charge in [0.1, 0.15) is 11.3 Å². The number of halogens is 3. The van der Waals surface area contributed by atoms with Gasteiger partial charge in [0.15, 0.2) is 5.67 Å². The minimum absolute atomic E-state index is 0.0608. The van der Waals surface area contributed by atoms with E-state index in [4.69, 9.17) is 4.74 Å². The van der Waals surface area contributed by atoms with Crippen LogP contribution >= 0.6 is 0 Å². The van der Waals surface area contributed by atoms with E-state index in [1.54, 1.807) is 27.7 Å². The van der Waals surface area contributed by atoms with Crippen LogP contribution in [0.5, 0.6) is 0 Å². The molecule has 1 aromatic rings. The highest BCUT2D eigenvalue weighted by atomic mass is 19.3. The molecule has 3 rings (SSSR count). The highest BCUT2D eigenvalue weighted by Gasteiger charge is 2.48. The smallest absolute Gasteiger partial charge is 0.410 e. The molecule has 9 heteroatoms. The molecule has 2 aliphatic heterocycles. The van der Waals surface area contributed by atoms with Crippen molar-refractivity contribution in [1.29, 1.82) is 0 Å². The summed E-state index contributed by atoms with van der Waals surface area (Å²) >= 11 is 0. The zero-order chi connectivity index (χ0) is 20.2. The molecular formula is C18H26F3N3O3. The molecule has 27 heavy (non-hydrogen) atoms. The van der Waals surface area contributed by atoms with E-state index in [1.807, 2.05) is 0 Å². The number of alkyl halides is 3. The lowest BCUT2D eigenvalue weighted by Gasteiger charge is -2.35. The maximum atomic E-state index is 14.8. The Kier molecular flexibility index (Phi) is 4.73. The Morgan fingerprint density at radius 1 is 1.33 bits per heavy atom. The lowest BCUT2D eigenvalue weighted by Crippen LogP contribution is -2.45. The van der Waals surface area contributed by atoms with Crippen molar-refractivity contribution in [1.82, 2.24) is 14.7 Å². The summed E-state index contributed by atoms with van der Waals surface area (Å²) in [5.41, 5.74) is -2.50. The van der Waals surface area contributed by atoms with E-state index in [-0.39, 0.29) is 30.3 Å². The summed E-state index contributed by atoms with van der Waals surface area (Å²) in [5, 5.41) is 13.5. The lowest BCUT2D eigenvalue weighted by molar-refractivity contribution is -0.0331. The summed E-state index contributed by atoms with van der Waals surface area (Å²) in [5.74, 6) is -3.29. The van der Waals surface area contributed by atoms with Crippen molar-refractivity contribution in [2.45, 2.75) is 83.3 Å². The number of hydrogen-bond donors (Lipinski definition) is 1. The van der Waals surface area contributed by atoms with E-state index < -0.39 is 49.3 Å². The topological polar surface area (TPSA) is 67.6 Å². The third-order valence-corrected chi connectivity index (χ3v) is 5.06. The number of ether oxygens (including phenoxy) is 1. The van der Waals surface area contributed by atoms with Crippen LogP contribution in [-0.2, 0) is 30.2 Å². The number of nitrogens with zero attached hydrogens (tertiary/aromatic N) is 3. The molecule has 1 aromatic heterocycles. The van der Waals surface area contributed by atoms with Crippen LogP contribution < -0.4 is 0 Å². The maximum Gasteiger partial charge on any atom is 0.410 e. The van der Waals surface area contributed by atoms with Crippen LogP contribution in [0.1, 0.15) is 57.5 Å². The van der Waals surface area contributed by atoms with Gasteiger partial charge in [-0.25, -0.2) is 9.18 Å². The van der Waals surface area contributed by atoms with E-state index >= 15 is 0 Å². The third-order valence-electron chi connectivity index (χ3n) is 5.06. The molecule has 0 fully saturated rings. The van der Waals surface area contributed by atoms with Gasteiger partial charge in [-0.15, -0.1) is 0 Å². The summed E-state index contributed by atoms with van der Waals surface area (Å²) in [4.78, 5) is 13.9. The number of carbonyl (C=O) groups is 1. The molecular weight excluding hydrogens is 363 g/mol. The Labute approximate surface area is 156 Å². The molecule has 2 atom stereocenters. The normalized spacial score (nSPS) is 27.6. The summed E-state index contributed by atoms with van der Waals surface area (Å²) in [6, 6.07) is -0.284. The highest BCUT2D eigenvalue weighted by Crippen LogP contribution is 2.44. The zero-order valence-electron chi connectivity index (χ0n) is 16.1. The predicted molar refractivity (Wildman–Crippen MR) is 91.2 cm³/mol. The van der Waals surface area contributed by atoms with Crippen molar-refractivity contribution >= 4 is 6.09 Å². The molecule has 0 bridgehead atoms. The van der Waals surface area contributed by atoms with E-state index in [9.17, 15) is 23.1 Å². The molecule has 3 heterocycles. The molecule has 2 unspecified atom stereocenters. The molecule has 0 saturated heterocycles. The van der Waals surface area contributed by atoms with Gasteiger partial charge in [-0.05, 0) is 34.1 Å². The minimum Gasteiger partial charge on any atom is -0.444 e. The average molecular weight is 389 g/mol. The van der Waals surface area contributed by atoms with Gasteiger partial charge >= 0.3 is 6.09 Å². The standard InChI is InChI=1S/C18H26F3N3O3/c1-11-7-13-12(8-23(11)15(26)27-16(2,3)4)14-18(20,21)6-5-17(19,10-25)9-24(14)22-13/h11,25H,5-10H2,1-4H3. The SMILES string of the molecule is CC1Cc2nn3c(c2CN1C(=O)OC(C)(C)C)C(F)(F)CCC(F)(CO)C3. The van der Waals surface area contributed by atoms with Crippen molar-refractivity contribution in [3.05, 3.63) is 17.0 Å². The van der Waals surface area contributed by atoms with Crippen LogP contribution in [0.25, 0.3) is 0 Å². The molecule has 1 N–H and O–H groups in total. The van der Waals surface area contributed by atoms with Crippen LogP contribution in [0.3, 0.4) is 0 Å². The van der Waals surface area contributed by atoms with E-state index in [0.29, 0.717) is 5.69 Å². The Balaban J connectivity index is 1.98. The number of fused-ring (bicyclic) bond motifs is 3. The Hall–Kier alpha value is -1.77. The van der Waals surface area contributed by atoms with Gasteiger partial charge in [-0.1, -0.05) is 0 Å². The first-order chi connectivity index (χ1) is 12.4. The molecule has 0 radical (unpaired) electrons. The number of aliphatic hydroxyl groups is 1. The van der Waals surface area contributed by atoms with Gasteiger partial charge < -0.3 is 14.7 Å². The lowest BCUT2D eigenvalue weighted by atomic mass is 9.95. The molecule has 6 nitrogen and oxygen atoms in total. The number of hydrogen-bond acceptors (Lipinski definition) is 4. The van der Waals surface area contributed by atoms with Crippen molar-refractivity contribution in [2.24, 2.45) is 0 Å². The zero-order valence-corrected chi connectivity index (χ0v) is 16.1. The van der Waals surface area contributed by atoms with Crippen molar-refractivity contribution in [3.63, 3.8) is 0 Å². The molecule has 0 aliphatic carbocycles. The van der Waals surface area contributed by atoms with E-state index in [0.717, 1.165) is 4.68 Å². The Bertz CT molecular complexity index is 744. The fourth-order valence-electron chi connectivity index (χ4n) is 3.66. The molecule has 0 spiro atoms. The van der Waals surface area contributed by atoms with E-state index in [2.05, 4.69) is 5.10 Å². The second kappa shape index (κ2) is 6.39. The minimum atomic E-state index is -3.29. The molecule has 0 aromatic carbocycles. The Morgan fingerprint density at radius 3 is 2.59 bits per heavy atom. The monoisotopic (exact) mass is 389 g/mol. The van der Waals surface area contributed by atoms with Gasteiger partial charge in [-0.2, -0.15) is 13.9 Å². The first-order valence-corrected chi connectivity index (χ1v) is 9.11. The van der Waals surface area contributed by atoms with Crippen molar-refractivity contribution in [3.8, 4) is 0 Å². The third kappa shape index (κ3) is 3.79. The van der Waals surface area contributed by atoms with Crippen LogP contribution in [0.4, 0.5) is 18.0 Å². The van der Waals surface area contributed by atoms with Gasteiger partial charge in [-0.3, -0.25) is 4.68 Å².